The summed E-state index contributed by atoms with van der Waals surface area (Å²) in [5.74, 6) is 0. The molecule has 1 aromatic heterocycles. The van der Waals surface area contributed by atoms with Crippen LogP contribution in [0.15, 0.2) is 24.3 Å². The van der Waals surface area contributed by atoms with Crippen LogP contribution in [0.2, 0.25) is 5.02 Å². The van der Waals surface area contributed by atoms with Crippen LogP contribution in [0.1, 0.15) is 12.6 Å². The number of nitrogens with two attached hydrogens (primary N) is 1. The van der Waals surface area contributed by atoms with Crippen molar-refractivity contribution in [1.29, 1.82) is 0 Å². The van der Waals surface area contributed by atoms with Gasteiger partial charge in [-0.1, -0.05) is 11.6 Å². The summed E-state index contributed by atoms with van der Waals surface area (Å²) < 4.78 is 5.44. The number of halogens is 1. The molecule has 1 aromatic carbocycles. The zero-order chi connectivity index (χ0) is 11.8. The van der Waals surface area contributed by atoms with Crippen LogP contribution >= 0.6 is 11.6 Å². The van der Waals surface area contributed by atoms with Crippen LogP contribution < -0.4 is 5.73 Å². The van der Waals surface area contributed by atoms with Crippen LogP contribution in [0.5, 0.6) is 0 Å². The Morgan fingerprint density at radius 1 is 1.44 bits per heavy atom. The highest BCUT2D eigenvalue weighted by Crippen LogP contribution is 2.27. The standard InChI is InChI=1S/C12H15ClN2O/c1-12(7-14,16-2)11-6-8-5-9(13)3-4-10(8)15-11/h3-6,15H,7,14H2,1-2H3. The van der Waals surface area contributed by atoms with E-state index in [2.05, 4.69) is 4.98 Å². The molecule has 0 saturated heterocycles. The van der Waals surface area contributed by atoms with Gasteiger partial charge in [-0.25, -0.2) is 0 Å². The molecule has 0 spiro atoms. The van der Waals surface area contributed by atoms with Crippen molar-refractivity contribution < 1.29 is 4.74 Å². The molecule has 1 heterocycles. The Labute approximate surface area is 99.5 Å². The summed E-state index contributed by atoms with van der Waals surface area (Å²) in [6.07, 6.45) is 0. The lowest BCUT2D eigenvalue weighted by atomic mass is 10.0. The van der Waals surface area contributed by atoms with Gasteiger partial charge in [-0.15, -0.1) is 0 Å². The number of methoxy groups -OCH3 is 1. The highest BCUT2D eigenvalue weighted by molar-refractivity contribution is 6.31. The van der Waals surface area contributed by atoms with E-state index in [1.54, 1.807) is 7.11 Å². The zero-order valence-corrected chi connectivity index (χ0v) is 10.1. The predicted octanol–water partition coefficient (Wildman–Crippen LogP) is 2.64. The molecular formula is C12H15ClN2O. The lowest BCUT2D eigenvalue weighted by Gasteiger charge is -2.24. The Morgan fingerprint density at radius 3 is 2.81 bits per heavy atom. The molecule has 4 heteroatoms. The first kappa shape index (κ1) is 11.5. The molecule has 0 bridgehead atoms. The van der Waals surface area contributed by atoms with Gasteiger partial charge in [0.1, 0.15) is 5.60 Å². The summed E-state index contributed by atoms with van der Waals surface area (Å²) in [6.45, 7) is 2.38. The molecule has 0 saturated carbocycles. The number of fused-ring (bicyclic) bond motifs is 1. The monoisotopic (exact) mass is 238 g/mol. The van der Waals surface area contributed by atoms with Gasteiger partial charge in [0.2, 0.25) is 0 Å². The summed E-state index contributed by atoms with van der Waals surface area (Å²) in [6, 6.07) is 7.76. The van der Waals surface area contributed by atoms with Crippen LogP contribution in [0.4, 0.5) is 0 Å². The fourth-order valence-corrected chi connectivity index (χ4v) is 1.87. The second-order valence-corrected chi connectivity index (χ2v) is 4.49. The van der Waals surface area contributed by atoms with Gasteiger partial charge in [-0.05, 0) is 31.2 Å². The van der Waals surface area contributed by atoms with Crippen LogP contribution in [0.3, 0.4) is 0 Å². The first-order valence-corrected chi connectivity index (χ1v) is 5.51. The van der Waals surface area contributed by atoms with Crippen LogP contribution in [-0.4, -0.2) is 18.6 Å². The third-order valence-corrected chi connectivity index (χ3v) is 3.23. The first-order chi connectivity index (χ1) is 7.59. The fraction of sp³-hybridized carbons (Fsp3) is 0.333. The van der Waals surface area contributed by atoms with E-state index in [0.717, 1.165) is 21.6 Å². The summed E-state index contributed by atoms with van der Waals surface area (Å²) in [5.41, 5.74) is 7.26. The molecule has 86 valence electrons. The van der Waals surface area contributed by atoms with E-state index in [1.807, 2.05) is 31.2 Å². The highest BCUT2D eigenvalue weighted by atomic mass is 35.5. The number of nitrogens with one attached hydrogen (secondary N) is 1. The van der Waals surface area contributed by atoms with Crippen molar-refractivity contribution in [2.75, 3.05) is 13.7 Å². The molecule has 16 heavy (non-hydrogen) atoms. The molecule has 0 aliphatic heterocycles. The Hall–Kier alpha value is -1.03. The smallest absolute Gasteiger partial charge is 0.117 e. The van der Waals surface area contributed by atoms with Crippen molar-refractivity contribution in [2.24, 2.45) is 5.73 Å². The Kier molecular flexibility index (Phi) is 2.93. The van der Waals surface area contributed by atoms with Gasteiger partial charge in [-0.2, -0.15) is 0 Å². The van der Waals surface area contributed by atoms with Crippen molar-refractivity contribution in [3.05, 3.63) is 35.0 Å². The predicted molar refractivity (Wildman–Crippen MR) is 66.7 cm³/mol. The molecule has 1 unspecified atom stereocenters. The highest BCUT2D eigenvalue weighted by Gasteiger charge is 2.26. The molecule has 3 N–H and O–H groups in total. The minimum Gasteiger partial charge on any atom is -0.371 e. The fourth-order valence-electron chi connectivity index (χ4n) is 1.69. The normalized spacial score (nSPS) is 15.2. The van der Waals surface area contributed by atoms with E-state index < -0.39 is 5.60 Å². The van der Waals surface area contributed by atoms with E-state index in [4.69, 9.17) is 22.1 Å². The van der Waals surface area contributed by atoms with Crippen molar-refractivity contribution >= 4 is 22.5 Å². The minimum atomic E-state index is -0.481. The second kappa shape index (κ2) is 4.09. The molecule has 0 fully saturated rings. The Bertz CT molecular complexity index is 503. The summed E-state index contributed by atoms with van der Waals surface area (Å²) in [4.78, 5) is 3.30. The minimum absolute atomic E-state index is 0.421. The number of aromatic amines is 1. The number of hydrogen-bond acceptors (Lipinski definition) is 2. The number of ether oxygens (including phenoxy) is 1. The van der Waals surface area contributed by atoms with Crippen molar-refractivity contribution in [3.8, 4) is 0 Å². The molecule has 3 nitrogen and oxygen atoms in total. The quantitative estimate of drug-likeness (QED) is 0.864. The number of hydrogen-bond donors (Lipinski definition) is 2. The molecule has 0 radical (unpaired) electrons. The topological polar surface area (TPSA) is 51.0 Å². The van der Waals surface area contributed by atoms with Crippen molar-refractivity contribution in [2.45, 2.75) is 12.5 Å². The van der Waals surface area contributed by atoms with Crippen molar-refractivity contribution in [3.63, 3.8) is 0 Å². The second-order valence-electron chi connectivity index (χ2n) is 4.05. The summed E-state index contributed by atoms with van der Waals surface area (Å²) in [7, 11) is 1.66. The largest absolute Gasteiger partial charge is 0.371 e. The van der Waals surface area contributed by atoms with Gasteiger partial charge in [0, 0.05) is 35.3 Å². The molecule has 0 aliphatic carbocycles. The number of H-pyrrole nitrogens is 1. The van der Waals surface area contributed by atoms with Gasteiger partial charge >= 0.3 is 0 Å². The van der Waals surface area contributed by atoms with Gasteiger partial charge in [0.15, 0.2) is 0 Å². The Balaban J connectivity index is 2.54. The maximum atomic E-state index is 5.94. The SMILES string of the molecule is COC(C)(CN)c1cc2cc(Cl)ccc2[nH]1. The van der Waals surface area contributed by atoms with Crippen molar-refractivity contribution in [1.82, 2.24) is 4.98 Å². The molecule has 0 aliphatic rings. The van der Waals surface area contributed by atoms with Crippen LogP contribution in [0.25, 0.3) is 10.9 Å². The lowest BCUT2D eigenvalue weighted by molar-refractivity contribution is 0.00702. The van der Waals surface area contributed by atoms with E-state index in [-0.39, 0.29) is 0 Å². The third-order valence-electron chi connectivity index (χ3n) is 2.99. The van der Waals surface area contributed by atoms with E-state index >= 15 is 0 Å². The summed E-state index contributed by atoms with van der Waals surface area (Å²) in [5, 5.41) is 1.80. The average molecular weight is 239 g/mol. The van der Waals surface area contributed by atoms with Gasteiger partial charge < -0.3 is 15.5 Å². The zero-order valence-electron chi connectivity index (χ0n) is 9.38. The van der Waals surface area contributed by atoms with Gasteiger partial charge in [-0.3, -0.25) is 0 Å². The number of benzene rings is 1. The molecule has 2 rings (SSSR count). The summed E-state index contributed by atoms with van der Waals surface area (Å²) >= 11 is 5.94. The number of rotatable bonds is 3. The maximum Gasteiger partial charge on any atom is 0.117 e. The van der Waals surface area contributed by atoms with Crippen LogP contribution in [-0.2, 0) is 10.3 Å². The lowest BCUT2D eigenvalue weighted by Crippen LogP contribution is -2.34. The van der Waals surface area contributed by atoms with E-state index in [0.29, 0.717) is 6.54 Å². The van der Waals surface area contributed by atoms with Gasteiger partial charge in [0.05, 0.1) is 0 Å². The number of aromatic nitrogens is 1. The third kappa shape index (κ3) is 1.82. The van der Waals surface area contributed by atoms with Crippen LogP contribution in [0, 0.1) is 0 Å². The maximum absolute atomic E-state index is 5.94. The molecule has 1 atom stereocenters. The van der Waals surface area contributed by atoms with E-state index in [9.17, 15) is 0 Å². The molecular weight excluding hydrogens is 224 g/mol. The first-order valence-electron chi connectivity index (χ1n) is 5.13. The average Bonchev–Trinajstić information content (AvgIpc) is 2.71. The molecule has 2 aromatic rings. The van der Waals surface area contributed by atoms with E-state index in [1.165, 1.54) is 0 Å². The molecule has 0 amide bonds. The van der Waals surface area contributed by atoms with Gasteiger partial charge in [0.25, 0.3) is 0 Å². The Morgan fingerprint density at radius 2 is 2.19 bits per heavy atom.